The minimum Gasteiger partial charge on any atom is -0.368 e. The van der Waals surface area contributed by atoms with Crippen LogP contribution >= 0.6 is 0 Å². The maximum atomic E-state index is 13.9. The number of carbonyl (C=O) groups excluding carboxylic acids is 2. The number of nitrogens with zero attached hydrogens (tertiary/aromatic N) is 1. The van der Waals surface area contributed by atoms with E-state index in [1.165, 1.54) is 6.07 Å². The van der Waals surface area contributed by atoms with Crippen molar-refractivity contribution >= 4 is 17.6 Å². The number of halogens is 2. The van der Waals surface area contributed by atoms with Crippen molar-refractivity contribution in [2.75, 3.05) is 18.0 Å². The molecule has 1 aromatic rings. The van der Waals surface area contributed by atoms with Gasteiger partial charge in [0.2, 0.25) is 5.91 Å². The number of amides is 3. The molecule has 1 aliphatic heterocycles. The molecule has 1 aromatic carbocycles. The predicted octanol–water partition coefficient (Wildman–Crippen LogP) is 1.30. The molecule has 0 unspecified atom stereocenters. The molecule has 108 valence electrons. The third-order valence-electron chi connectivity index (χ3n) is 3.17. The van der Waals surface area contributed by atoms with Gasteiger partial charge in [0.15, 0.2) is 0 Å². The van der Waals surface area contributed by atoms with Crippen LogP contribution in [0.4, 0.5) is 19.3 Å². The fourth-order valence-corrected chi connectivity index (χ4v) is 2.40. The molecule has 0 atom stereocenters. The van der Waals surface area contributed by atoms with E-state index in [0.717, 1.165) is 12.5 Å². The second-order valence-corrected chi connectivity index (χ2v) is 4.65. The molecule has 3 N–H and O–H groups in total. The van der Waals surface area contributed by atoms with Crippen LogP contribution < -0.4 is 16.0 Å². The Labute approximate surface area is 114 Å². The number of rotatable bonds is 3. The number of carbonyl (C=O) groups is 2. The van der Waals surface area contributed by atoms with Gasteiger partial charge in [-0.3, -0.25) is 10.1 Å². The normalized spacial score (nSPS) is 13.8. The molecule has 20 heavy (non-hydrogen) atoms. The first kappa shape index (κ1) is 14.2. The Hall–Kier alpha value is -2.18. The molecule has 0 bridgehead atoms. The average molecular weight is 283 g/mol. The Morgan fingerprint density at radius 2 is 2.10 bits per heavy atom. The number of benzene rings is 1. The van der Waals surface area contributed by atoms with Gasteiger partial charge in [0.05, 0.1) is 5.69 Å². The third-order valence-corrected chi connectivity index (χ3v) is 3.17. The smallest absolute Gasteiger partial charge is 0.318 e. The van der Waals surface area contributed by atoms with Crippen LogP contribution in [0.25, 0.3) is 0 Å². The molecular formula is C13H15F2N3O2. The molecule has 0 fully saturated rings. The van der Waals surface area contributed by atoms with E-state index in [1.807, 2.05) is 5.32 Å². The van der Waals surface area contributed by atoms with Gasteiger partial charge in [0.25, 0.3) is 0 Å². The average Bonchev–Trinajstić information content (AvgIpc) is 2.34. The lowest BCUT2D eigenvalue weighted by Crippen LogP contribution is -2.38. The van der Waals surface area contributed by atoms with Crippen LogP contribution in [0.2, 0.25) is 0 Å². The van der Waals surface area contributed by atoms with Crippen molar-refractivity contribution in [1.29, 1.82) is 0 Å². The van der Waals surface area contributed by atoms with Gasteiger partial charge in [-0.05, 0) is 24.5 Å². The number of imide groups is 1. The molecule has 2 rings (SSSR count). The molecule has 7 heteroatoms. The van der Waals surface area contributed by atoms with Crippen LogP contribution in [0.3, 0.4) is 0 Å². The number of aryl methyl sites for hydroxylation is 1. The van der Waals surface area contributed by atoms with Crippen LogP contribution in [-0.4, -0.2) is 25.0 Å². The number of anilines is 1. The molecule has 1 aliphatic rings. The first-order valence-electron chi connectivity index (χ1n) is 6.29. The Morgan fingerprint density at radius 3 is 2.80 bits per heavy atom. The van der Waals surface area contributed by atoms with Gasteiger partial charge in [0.1, 0.15) is 11.6 Å². The summed E-state index contributed by atoms with van der Waals surface area (Å²) in [4.78, 5) is 23.6. The zero-order chi connectivity index (χ0) is 14.7. The highest BCUT2D eigenvalue weighted by molar-refractivity contribution is 5.93. The van der Waals surface area contributed by atoms with Crippen LogP contribution in [0, 0.1) is 11.6 Å². The fraction of sp³-hybridized carbons (Fsp3) is 0.385. The van der Waals surface area contributed by atoms with Crippen LogP contribution in [-0.2, 0) is 11.2 Å². The number of primary amides is 1. The van der Waals surface area contributed by atoms with Gasteiger partial charge in [-0.15, -0.1) is 0 Å². The summed E-state index contributed by atoms with van der Waals surface area (Å²) in [6.45, 7) is 0.827. The summed E-state index contributed by atoms with van der Waals surface area (Å²) in [5.74, 6) is -1.75. The molecule has 1 heterocycles. The van der Waals surface area contributed by atoms with E-state index in [9.17, 15) is 18.4 Å². The van der Waals surface area contributed by atoms with Crippen molar-refractivity contribution in [3.8, 4) is 0 Å². The Kier molecular flexibility index (Phi) is 4.16. The SMILES string of the molecule is NC(=O)NC(=O)CCN1CCCc2cc(F)cc(F)c21. The van der Waals surface area contributed by atoms with Crippen LogP contribution in [0.1, 0.15) is 18.4 Å². The van der Waals surface area contributed by atoms with E-state index < -0.39 is 23.6 Å². The van der Waals surface area contributed by atoms with E-state index in [-0.39, 0.29) is 13.0 Å². The first-order valence-corrected chi connectivity index (χ1v) is 6.29. The molecule has 3 amide bonds. The zero-order valence-corrected chi connectivity index (χ0v) is 10.8. The molecule has 0 spiro atoms. The van der Waals surface area contributed by atoms with Gasteiger partial charge in [-0.2, -0.15) is 0 Å². The zero-order valence-electron chi connectivity index (χ0n) is 10.8. The standard InChI is InChI=1S/C13H15F2N3O2/c14-9-6-8-2-1-4-18(12(8)10(15)7-9)5-3-11(19)17-13(16)20/h6-7H,1-5H2,(H3,16,17,19,20). The Balaban J connectivity index is 2.09. The van der Waals surface area contributed by atoms with E-state index >= 15 is 0 Å². The lowest BCUT2D eigenvalue weighted by Gasteiger charge is -2.31. The fourth-order valence-electron chi connectivity index (χ4n) is 2.40. The highest BCUT2D eigenvalue weighted by Crippen LogP contribution is 2.30. The summed E-state index contributed by atoms with van der Waals surface area (Å²) in [7, 11) is 0. The predicted molar refractivity (Wildman–Crippen MR) is 69.2 cm³/mol. The monoisotopic (exact) mass is 283 g/mol. The van der Waals surface area contributed by atoms with E-state index in [0.29, 0.717) is 24.2 Å². The maximum Gasteiger partial charge on any atom is 0.318 e. The summed E-state index contributed by atoms with van der Waals surface area (Å²) in [6, 6.07) is 1.23. The largest absolute Gasteiger partial charge is 0.368 e. The Bertz CT molecular complexity index is 549. The maximum absolute atomic E-state index is 13.9. The summed E-state index contributed by atoms with van der Waals surface area (Å²) >= 11 is 0. The van der Waals surface area contributed by atoms with E-state index in [2.05, 4.69) is 0 Å². The number of hydrogen-bond acceptors (Lipinski definition) is 3. The van der Waals surface area contributed by atoms with E-state index in [4.69, 9.17) is 5.73 Å². The lowest BCUT2D eigenvalue weighted by atomic mass is 10.0. The molecule has 0 saturated carbocycles. The van der Waals surface area contributed by atoms with Crippen molar-refractivity contribution in [2.24, 2.45) is 5.73 Å². The quantitative estimate of drug-likeness (QED) is 0.878. The number of urea groups is 1. The van der Waals surface area contributed by atoms with Gasteiger partial charge < -0.3 is 10.6 Å². The van der Waals surface area contributed by atoms with E-state index in [1.54, 1.807) is 4.90 Å². The van der Waals surface area contributed by atoms with Crippen molar-refractivity contribution in [3.05, 3.63) is 29.3 Å². The third kappa shape index (κ3) is 3.23. The highest BCUT2D eigenvalue weighted by Gasteiger charge is 2.22. The number of hydrogen-bond donors (Lipinski definition) is 2. The second kappa shape index (κ2) is 5.85. The minimum atomic E-state index is -0.915. The molecule has 0 aromatic heterocycles. The van der Waals surface area contributed by atoms with Gasteiger partial charge in [-0.1, -0.05) is 0 Å². The van der Waals surface area contributed by atoms with Crippen LogP contribution in [0.5, 0.6) is 0 Å². The second-order valence-electron chi connectivity index (χ2n) is 4.65. The number of fused-ring (bicyclic) bond motifs is 1. The van der Waals surface area contributed by atoms with Crippen molar-refractivity contribution in [2.45, 2.75) is 19.3 Å². The molecule has 5 nitrogen and oxygen atoms in total. The summed E-state index contributed by atoms with van der Waals surface area (Å²) in [5, 5.41) is 1.95. The summed E-state index contributed by atoms with van der Waals surface area (Å²) in [6.07, 6.45) is 1.38. The molecule has 0 radical (unpaired) electrons. The van der Waals surface area contributed by atoms with Gasteiger partial charge in [0, 0.05) is 25.6 Å². The first-order chi connectivity index (χ1) is 9.47. The summed E-state index contributed by atoms with van der Waals surface area (Å²) < 4.78 is 27.0. The van der Waals surface area contributed by atoms with Gasteiger partial charge in [-0.25, -0.2) is 13.6 Å². The van der Waals surface area contributed by atoms with Crippen LogP contribution in [0.15, 0.2) is 12.1 Å². The Morgan fingerprint density at radius 1 is 1.35 bits per heavy atom. The molecule has 0 aliphatic carbocycles. The minimum absolute atomic E-state index is 0.0131. The highest BCUT2D eigenvalue weighted by atomic mass is 19.1. The van der Waals surface area contributed by atoms with Crippen molar-refractivity contribution in [3.63, 3.8) is 0 Å². The topological polar surface area (TPSA) is 75.4 Å². The lowest BCUT2D eigenvalue weighted by molar-refractivity contribution is -0.119. The van der Waals surface area contributed by atoms with Crippen molar-refractivity contribution < 1.29 is 18.4 Å². The molecular weight excluding hydrogens is 268 g/mol. The van der Waals surface area contributed by atoms with Gasteiger partial charge >= 0.3 is 6.03 Å². The number of nitrogens with two attached hydrogens (primary N) is 1. The number of nitrogens with one attached hydrogen (secondary N) is 1. The summed E-state index contributed by atoms with van der Waals surface area (Å²) in [5.41, 5.74) is 5.77. The van der Waals surface area contributed by atoms with Crippen molar-refractivity contribution in [1.82, 2.24) is 5.32 Å². The molecule has 0 saturated heterocycles.